The number of ether oxygens (including phenoxy) is 2. The molecular weight excluding hydrogens is 649 g/mol. The van der Waals surface area contributed by atoms with Crippen LogP contribution < -0.4 is 0 Å². The Kier molecular flexibility index (Phi) is 10.3. The van der Waals surface area contributed by atoms with Gasteiger partial charge in [0.05, 0.1) is 36.4 Å². The number of aliphatic hydroxyl groups is 4. The topological polar surface area (TPSA) is 134 Å². The maximum absolute atomic E-state index is 12.7. The number of fused-ring (bicyclic) bond motifs is 7. The van der Waals surface area contributed by atoms with Gasteiger partial charge in [-0.3, -0.25) is 4.79 Å². The number of allylic oxidation sites excluding steroid dienone is 4. The molecule has 0 aliphatic heterocycles. The first-order chi connectivity index (χ1) is 22.3. The third kappa shape index (κ3) is 5.49. The van der Waals surface area contributed by atoms with Crippen molar-refractivity contribution < 1.29 is 39.5 Å². The van der Waals surface area contributed by atoms with Crippen molar-refractivity contribution >= 4 is 37.2 Å². The largest absolute Gasteiger partial charge is 0.465 e. The second-order valence-corrected chi connectivity index (χ2v) is 18.5. The monoisotopic (exact) mass is 706 g/mol. The van der Waals surface area contributed by atoms with E-state index in [1.807, 2.05) is 20.8 Å². The normalized spacial score (nSPS) is 46.5. The molecule has 4 fully saturated rings. The molecule has 0 radical (unpaired) electrons. The first-order valence-corrected chi connectivity index (χ1v) is 18.6. The summed E-state index contributed by atoms with van der Waals surface area (Å²) in [5, 5.41) is 46.9. The molecule has 3 unspecified atom stereocenters. The average molecular weight is 707 g/mol. The number of hydrogen-bond acceptors (Lipinski definition) is 10. The third-order valence-corrected chi connectivity index (χ3v) is 15.9. The van der Waals surface area contributed by atoms with Crippen molar-refractivity contribution in [2.24, 2.45) is 39.4 Å². The van der Waals surface area contributed by atoms with Crippen LogP contribution in [0.15, 0.2) is 36.0 Å². The van der Waals surface area contributed by atoms with Gasteiger partial charge in [0.1, 0.15) is 6.61 Å². The first kappa shape index (κ1) is 37.9. The van der Waals surface area contributed by atoms with Crippen LogP contribution in [-0.2, 0) is 19.1 Å². The molecule has 0 aromatic heterocycles. The number of carbonyl (C=O) groups is 2. The lowest BCUT2D eigenvalue weighted by molar-refractivity contribution is -0.243. The van der Waals surface area contributed by atoms with Gasteiger partial charge in [0, 0.05) is 32.3 Å². The fraction of sp³-hybridized carbons (Fsp3) is 0.789. The van der Waals surface area contributed by atoms with Crippen LogP contribution >= 0.6 is 25.3 Å². The molecule has 5 aliphatic rings. The molecule has 8 nitrogen and oxygen atoms in total. The Balaban J connectivity index is 1.54. The fourth-order valence-electron chi connectivity index (χ4n) is 10.8. The minimum absolute atomic E-state index is 0.0208. The third-order valence-electron chi connectivity index (χ3n) is 14.1. The van der Waals surface area contributed by atoms with E-state index in [0.717, 1.165) is 5.57 Å². The van der Waals surface area contributed by atoms with Crippen molar-refractivity contribution in [2.75, 3.05) is 13.2 Å². The maximum atomic E-state index is 12.7. The Bertz CT molecular complexity index is 1360. The van der Waals surface area contributed by atoms with Crippen molar-refractivity contribution in [1.82, 2.24) is 0 Å². The highest BCUT2D eigenvalue weighted by atomic mass is 32.1. The lowest BCUT2D eigenvalue weighted by Crippen LogP contribution is -2.73. The molecule has 0 bridgehead atoms. The van der Waals surface area contributed by atoms with E-state index >= 15 is 0 Å². The fourth-order valence-corrected chi connectivity index (χ4v) is 12.5. The smallest absolute Gasteiger partial charge is 0.333 e. The molecule has 0 spiro atoms. The molecule has 10 heteroatoms. The number of carbonyl (C=O) groups excluding carboxylic acids is 2. The number of aliphatic hydroxyl groups excluding tert-OH is 4. The van der Waals surface area contributed by atoms with Crippen LogP contribution in [0.3, 0.4) is 0 Å². The van der Waals surface area contributed by atoms with Crippen LogP contribution in [0, 0.1) is 39.4 Å². The standard InChI is InChI=1S/C38H58O8S2/c1-8-10-11-29(41)45-21-36-24(18-33(4,5)30(42)31(36)43)23-12-13-26-37(47)16-15-27(39)34(6,20-46-32(44)22(3)9-2)25(37)14-17-38(26,48)35(23,7)19-28(36)40/h8-9,12,24-28,30-31,39-40,42-43,47-48H,1,10-11,13-21H2,2-7H3/b22-9+/t24?,25?,26?,27-,28+,30-,31-,34+,35+,36-,37+,38-/m0/s1. The van der Waals surface area contributed by atoms with Crippen molar-refractivity contribution in [3.05, 3.63) is 36.0 Å². The second-order valence-electron chi connectivity index (χ2n) is 16.9. The van der Waals surface area contributed by atoms with Gasteiger partial charge in [-0.15, -0.1) is 6.58 Å². The zero-order valence-electron chi connectivity index (χ0n) is 29.6. The van der Waals surface area contributed by atoms with Gasteiger partial charge in [-0.1, -0.05) is 51.5 Å². The Hall–Kier alpha value is -1.30. The summed E-state index contributed by atoms with van der Waals surface area (Å²) in [7, 11) is 0. The van der Waals surface area contributed by atoms with Crippen molar-refractivity contribution in [3.63, 3.8) is 0 Å². The summed E-state index contributed by atoms with van der Waals surface area (Å²) in [6, 6.07) is 0. The van der Waals surface area contributed by atoms with Gasteiger partial charge >= 0.3 is 11.9 Å². The summed E-state index contributed by atoms with van der Waals surface area (Å²) in [5.41, 5.74) is -1.61. The first-order valence-electron chi connectivity index (χ1n) is 17.7. The van der Waals surface area contributed by atoms with Gasteiger partial charge in [-0.2, -0.15) is 25.3 Å². The highest BCUT2D eigenvalue weighted by Crippen LogP contribution is 2.73. The number of rotatable bonds is 8. The number of hydrogen-bond donors (Lipinski definition) is 6. The van der Waals surface area contributed by atoms with Gasteiger partial charge in [0.25, 0.3) is 0 Å². The molecule has 5 rings (SSSR count). The number of thiol groups is 2. The SMILES string of the molecule is C=CCCC(=O)OC[C@@]12C(CC(C)(C)[C@@H](O)[C@@H]1O)C1=CCC3[C@@]4(S)CC[C@H](O)[C@](C)(COC(=O)/C(C)=C/C)C4CC[C@@]3(S)[C@]1(C)C[C@H]2O. The Morgan fingerprint density at radius 3 is 2.29 bits per heavy atom. The summed E-state index contributed by atoms with van der Waals surface area (Å²) in [5.74, 6) is -1.24. The quantitative estimate of drug-likeness (QED) is 0.0858. The molecule has 0 aromatic carbocycles. The molecule has 5 aliphatic carbocycles. The zero-order chi connectivity index (χ0) is 35.7. The van der Waals surface area contributed by atoms with Crippen molar-refractivity contribution in [3.8, 4) is 0 Å². The van der Waals surface area contributed by atoms with Crippen LogP contribution in [0.5, 0.6) is 0 Å². The van der Waals surface area contributed by atoms with Crippen LogP contribution in [0.2, 0.25) is 0 Å². The Morgan fingerprint density at radius 2 is 1.65 bits per heavy atom. The van der Waals surface area contributed by atoms with Crippen molar-refractivity contribution in [2.45, 2.75) is 133 Å². The molecule has 0 aromatic rings. The van der Waals surface area contributed by atoms with Gasteiger partial charge in [-0.25, -0.2) is 4.79 Å². The minimum Gasteiger partial charge on any atom is -0.465 e. The Morgan fingerprint density at radius 1 is 0.958 bits per heavy atom. The second kappa shape index (κ2) is 13.0. The lowest BCUT2D eigenvalue weighted by atomic mass is 9.39. The zero-order valence-corrected chi connectivity index (χ0v) is 31.4. The van der Waals surface area contributed by atoms with E-state index in [9.17, 15) is 30.0 Å². The predicted molar refractivity (Wildman–Crippen MR) is 192 cm³/mol. The summed E-state index contributed by atoms with van der Waals surface area (Å²) >= 11 is 11.2. The molecule has 270 valence electrons. The summed E-state index contributed by atoms with van der Waals surface area (Å²) in [6.45, 7) is 15.2. The summed E-state index contributed by atoms with van der Waals surface area (Å²) in [4.78, 5) is 25.4. The van der Waals surface area contributed by atoms with Crippen molar-refractivity contribution in [1.29, 1.82) is 0 Å². The molecule has 48 heavy (non-hydrogen) atoms. The van der Waals surface area contributed by atoms with E-state index in [-0.39, 0.29) is 49.8 Å². The predicted octanol–water partition coefficient (Wildman–Crippen LogP) is 5.38. The highest BCUT2D eigenvalue weighted by Gasteiger charge is 2.73. The minimum atomic E-state index is -1.31. The molecule has 0 amide bonds. The molecule has 0 saturated heterocycles. The lowest BCUT2D eigenvalue weighted by Gasteiger charge is -2.71. The van der Waals surface area contributed by atoms with E-state index < -0.39 is 61.5 Å². The summed E-state index contributed by atoms with van der Waals surface area (Å²) < 4.78 is 10.5. The Labute approximate surface area is 297 Å². The molecule has 0 heterocycles. The van der Waals surface area contributed by atoms with Crippen LogP contribution in [0.4, 0.5) is 0 Å². The van der Waals surface area contributed by atoms with E-state index in [4.69, 9.17) is 34.7 Å². The molecular formula is C38H58O8S2. The maximum Gasteiger partial charge on any atom is 0.333 e. The number of esters is 2. The molecule has 12 atom stereocenters. The van der Waals surface area contributed by atoms with E-state index in [1.54, 1.807) is 26.0 Å². The van der Waals surface area contributed by atoms with E-state index in [1.165, 1.54) is 0 Å². The van der Waals surface area contributed by atoms with Crippen LogP contribution in [0.25, 0.3) is 0 Å². The van der Waals surface area contributed by atoms with Gasteiger partial charge in [0.2, 0.25) is 0 Å². The molecule has 4 saturated carbocycles. The molecule has 4 N–H and O–H groups in total. The van der Waals surface area contributed by atoms with Gasteiger partial charge in [-0.05, 0) is 88.4 Å². The van der Waals surface area contributed by atoms with Gasteiger partial charge in [0.15, 0.2) is 0 Å². The van der Waals surface area contributed by atoms with Crippen LogP contribution in [-0.4, -0.2) is 79.5 Å². The summed E-state index contributed by atoms with van der Waals surface area (Å²) in [6.07, 6.45) is 6.14. The highest BCUT2D eigenvalue weighted by molar-refractivity contribution is 7.83. The van der Waals surface area contributed by atoms with Gasteiger partial charge < -0.3 is 29.9 Å². The average Bonchev–Trinajstić information content (AvgIpc) is 3.03. The van der Waals surface area contributed by atoms with E-state index in [0.29, 0.717) is 50.5 Å². The van der Waals surface area contributed by atoms with Crippen LogP contribution in [0.1, 0.15) is 99.3 Å². The van der Waals surface area contributed by atoms with E-state index in [2.05, 4.69) is 19.6 Å².